The molecule has 0 saturated carbocycles. The van der Waals surface area contributed by atoms with Crippen LogP contribution in [0.5, 0.6) is 5.88 Å². The third-order valence-electron chi connectivity index (χ3n) is 4.72. The summed E-state index contributed by atoms with van der Waals surface area (Å²) < 4.78 is 32.7. The van der Waals surface area contributed by atoms with Gasteiger partial charge in [-0.15, -0.1) is 0 Å². The second-order valence-electron chi connectivity index (χ2n) is 6.33. The number of aromatic amines is 1. The minimum atomic E-state index is -2.73. The maximum atomic E-state index is 13.8. The summed E-state index contributed by atoms with van der Waals surface area (Å²) in [7, 11) is 1.48. The second-order valence-corrected chi connectivity index (χ2v) is 6.33. The van der Waals surface area contributed by atoms with Crippen LogP contribution >= 0.6 is 0 Å². The highest BCUT2D eigenvalue weighted by Gasteiger charge is 2.38. The Morgan fingerprint density at radius 1 is 1.41 bits per heavy atom. The molecule has 4 rings (SSSR count). The molecule has 0 aliphatic carbocycles. The van der Waals surface area contributed by atoms with Gasteiger partial charge in [-0.25, -0.2) is 13.8 Å². The van der Waals surface area contributed by atoms with Gasteiger partial charge in [0, 0.05) is 36.5 Å². The van der Waals surface area contributed by atoms with Crippen LogP contribution in [0.25, 0.3) is 11.2 Å². The zero-order valence-corrected chi connectivity index (χ0v) is 14.7. The Hall–Kier alpha value is -3.10. The number of imidazole rings is 1. The van der Waals surface area contributed by atoms with Gasteiger partial charge < -0.3 is 14.6 Å². The lowest BCUT2D eigenvalue weighted by atomic mass is 9.97. The number of carbonyl (C=O) groups is 1. The molecule has 1 aliphatic rings. The molecule has 3 aromatic rings. The van der Waals surface area contributed by atoms with E-state index in [9.17, 15) is 13.6 Å². The first-order valence-corrected chi connectivity index (χ1v) is 8.44. The number of aryl methyl sites for hydroxylation is 1. The maximum Gasteiger partial charge on any atom is 0.290 e. The van der Waals surface area contributed by atoms with Gasteiger partial charge in [0.1, 0.15) is 6.04 Å². The topological polar surface area (TPSA) is 84.0 Å². The van der Waals surface area contributed by atoms with Gasteiger partial charge in [-0.05, 0) is 18.6 Å². The van der Waals surface area contributed by atoms with Crippen LogP contribution in [0.2, 0.25) is 0 Å². The molecule has 0 aromatic carbocycles. The molecule has 1 aliphatic heterocycles. The highest BCUT2D eigenvalue weighted by atomic mass is 19.3. The molecular formula is C18H17F2N5O2. The second kappa shape index (κ2) is 6.57. The van der Waals surface area contributed by atoms with Crippen molar-refractivity contribution in [2.45, 2.75) is 25.8 Å². The first-order valence-electron chi connectivity index (χ1n) is 8.44. The predicted octanol–water partition coefficient (Wildman–Crippen LogP) is 2.67. The van der Waals surface area contributed by atoms with Crippen LogP contribution in [-0.2, 0) is 6.42 Å². The Kier molecular flexibility index (Phi) is 4.21. The summed E-state index contributed by atoms with van der Waals surface area (Å²) in [4.78, 5) is 29.6. The van der Waals surface area contributed by atoms with E-state index in [1.54, 1.807) is 24.4 Å². The molecule has 0 bridgehead atoms. The van der Waals surface area contributed by atoms with Crippen LogP contribution in [-0.4, -0.2) is 50.8 Å². The van der Waals surface area contributed by atoms with Crippen LogP contribution in [0.1, 0.15) is 33.5 Å². The minimum absolute atomic E-state index is 0.0214. The Morgan fingerprint density at radius 3 is 2.96 bits per heavy atom. The lowest BCUT2D eigenvalue weighted by Crippen LogP contribution is -2.43. The van der Waals surface area contributed by atoms with Gasteiger partial charge in [-0.3, -0.25) is 9.78 Å². The van der Waals surface area contributed by atoms with Crippen molar-refractivity contribution in [1.82, 2.24) is 24.8 Å². The number of methoxy groups -OCH3 is 1. The number of H-pyrrole nitrogens is 1. The molecule has 1 atom stereocenters. The summed E-state index contributed by atoms with van der Waals surface area (Å²) in [6.07, 6.45) is -0.752. The van der Waals surface area contributed by atoms with Gasteiger partial charge in [0.15, 0.2) is 11.5 Å². The molecule has 9 heteroatoms. The number of rotatable bonds is 3. The Morgan fingerprint density at radius 2 is 2.22 bits per heavy atom. The van der Waals surface area contributed by atoms with Gasteiger partial charge in [-0.2, -0.15) is 4.98 Å². The number of alkyl halides is 2. The molecule has 0 fully saturated rings. The van der Waals surface area contributed by atoms with Gasteiger partial charge >= 0.3 is 0 Å². The molecule has 7 nitrogen and oxygen atoms in total. The number of fused-ring (bicyclic) bond motifs is 2. The predicted molar refractivity (Wildman–Crippen MR) is 92.9 cm³/mol. The van der Waals surface area contributed by atoms with E-state index in [-0.39, 0.29) is 12.4 Å². The smallest absolute Gasteiger partial charge is 0.290 e. The first-order chi connectivity index (χ1) is 13.0. The highest BCUT2D eigenvalue weighted by Crippen LogP contribution is 2.34. The third-order valence-corrected chi connectivity index (χ3v) is 4.72. The summed E-state index contributed by atoms with van der Waals surface area (Å²) in [5, 5.41) is 0. The summed E-state index contributed by atoms with van der Waals surface area (Å²) >= 11 is 0. The van der Waals surface area contributed by atoms with Crippen molar-refractivity contribution in [3.05, 3.63) is 47.0 Å². The SMILES string of the molecule is COc1cc(C)c2[nH]c(C(=O)N3CCc4ncccc4[C@H]3C(F)F)nc2n1. The van der Waals surface area contributed by atoms with E-state index < -0.39 is 18.4 Å². The fourth-order valence-corrected chi connectivity index (χ4v) is 3.42. The van der Waals surface area contributed by atoms with Crippen molar-refractivity contribution in [3.63, 3.8) is 0 Å². The van der Waals surface area contributed by atoms with Crippen LogP contribution < -0.4 is 4.74 Å². The van der Waals surface area contributed by atoms with Crippen molar-refractivity contribution in [1.29, 1.82) is 0 Å². The van der Waals surface area contributed by atoms with Crippen molar-refractivity contribution in [2.24, 2.45) is 0 Å². The summed E-state index contributed by atoms with van der Waals surface area (Å²) in [5.74, 6) is -0.244. The fraction of sp³-hybridized carbons (Fsp3) is 0.333. The largest absolute Gasteiger partial charge is 0.481 e. The number of ether oxygens (including phenoxy) is 1. The number of aromatic nitrogens is 4. The van der Waals surface area contributed by atoms with Crippen LogP contribution in [0.4, 0.5) is 8.78 Å². The van der Waals surface area contributed by atoms with E-state index in [1.807, 2.05) is 6.92 Å². The third kappa shape index (κ3) is 2.88. The van der Waals surface area contributed by atoms with E-state index in [1.165, 1.54) is 7.11 Å². The van der Waals surface area contributed by atoms with Crippen LogP contribution in [0.3, 0.4) is 0 Å². The Bertz CT molecular complexity index is 1020. The molecule has 3 aromatic heterocycles. The fourth-order valence-electron chi connectivity index (χ4n) is 3.42. The number of amides is 1. The standard InChI is InChI=1S/C18H17F2N5O2/c1-9-8-12(27-2)22-16-13(9)23-17(24-16)18(26)25-7-5-11-10(4-3-6-21-11)14(25)15(19)20/h3-4,6,8,14-15H,5,7H2,1-2H3,(H,22,23,24)/t14-/m0/s1. The molecule has 0 radical (unpaired) electrons. The maximum absolute atomic E-state index is 13.8. The van der Waals surface area contributed by atoms with Crippen molar-refractivity contribution < 1.29 is 18.3 Å². The quantitative estimate of drug-likeness (QED) is 0.763. The number of nitrogens with zero attached hydrogens (tertiary/aromatic N) is 4. The van der Waals surface area contributed by atoms with Crippen molar-refractivity contribution >= 4 is 17.1 Å². The molecule has 27 heavy (non-hydrogen) atoms. The average molecular weight is 373 g/mol. The molecular weight excluding hydrogens is 356 g/mol. The number of halogens is 2. The minimum Gasteiger partial charge on any atom is -0.481 e. The van der Waals surface area contributed by atoms with Gasteiger partial charge in [0.2, 0.25) is 5.88 Å². The van der Waals surface area contributed by atoms with E-state index in [2.05, 4.69) is 19.9 Å². The summed E-state index contributed by atoms with van der Waals surface area (Å²) in [6, 6.07) is 3.54. The number of carbonyl (C=O) groups excluding carboxylic acids is 1. The van der Waals surface area contributed by atoms with Gasteiger partial charge in [0.05, 0.1) is 12.6 Å². The zero-order chi connectivity index (χ0) is 19.1. The van der Waals surface area contributed by atoms with Gasteiger partial charge in [-0.1, -0.05) is 6.07 Å². The Balaban J connectivity index is 1.74. The Labute approximate surface area is 153 Å². The molecule has 1 N–H and O–H groups in total. The van der Waals surface area contributed by atoms with Crippen LogP contribution in [0.15, 0.2) is 24.4 Å². The van der Waals surface area contributed by atoms with E-state index in [0.29, 0.717) is 34.7 Å². The van der Waals surface area contributed by atoms with E-state index in [4.69, 9.17) is 4.74 Å². The van der Waals surface area contributed by atoms with Crippen LogP contribution in [0, 0.1) is 6.92 Å². The normalized spacial score (nSPS) is 16.6. The highest BCUT2D eigenvalue weighted by molar-refractivity contribution is 5.94. The molecule has 140 valence electrons. The van der Waals surface area contributed by atoms with E-state index in [0.717, 1.165) is 10.5 Å². The molecule has 1 amide bonds. The summed E-state index contributed by atoms with van der Waals surface area (Å²) in [6.45, 7) is 1.97. The molecule has 0 unspecified atom stereocenters. The number of nitrogens with one attached hydrogen (secondary N) is 1. The van der Waals surface area contributed by atoms with E-state index >= 15 is 0 Å². The first kappa shape index (κ1) is 17.3. The monoisotopic (exact) mass is 373 g/mol. The lowest BCUT2D eigenvalue weighted by Gasteiger charge is -2.35. The average Bonchev–Trinajstić information content (AvgIpc) is 3.11. The molecule has 0 spiro atoms. The van der Waals surface area contributed by atoms with Crippen molar-refractivity contribution in [3.8, 4) is 5.88 Å². The summed E-state index contributed by atoms with van der Waals surface area (Å²) in [5.41, 5.74) is 2.65. The number of hydrogen-bond donors (Lipinski definition) is 1. The zero-order valence-electron chi connectivity index (χ0n) is 14.7. The number of hydrogen-bond acceptors (Lipinski definition) is 5. The molecule has 4 heterocycles. The molecule has 0 saturated heterocycles. The number of pyridine rings is 2. The lowest BCUT2D eigenvalue weighted by molar-refractivity contribution is 0.0154. The van der Waals surface area contributed by atoms with Gasteiger partial charge in [0.25, 0.3) is 12.3 Å². The van der Waals surface area contributed by atoms with Crippen molar-refractivity contribution in [2.75, 3.05) is 13.7 Å².